The molecule has 2 rings (SSSR count). The molecule has 0 aliphatic carbocycles. The minimum absolute atomic E-state index is 0.211. The molecule has 0 saturated heterocycles. The van der Waals surface area contributed by atoms with E-state index in [9.17, 15) is 9.59 Å². The van der Waals surface area contributed by atoms with E-state index in [2.05, 4.69) is 10.9 Å². The first-order chi connectivity index (χ1) is 12.9. The summed E-state index contributed by atoms with van der Waals surface area (Å²) in [6, 6.07) is 12.6. The van der Waals surface area contributed by atoms with Crippen LogP contribution in [-0.2, 0) is 11.3 Å². The van der Waals surface area contributed by atoms with Crippen LogP contribution < -0.4 is 25.2 Å². The minimum Gasteiger partial charge on any atom is -0.493 e. The smallest absolute Gasteiger partial charge is 0.293 e. The van der Waals surface area contributed by atoms with E-state index >= 15 is 0 Å². The van der Waals surface area contributed by atoms with Gasteiger partial charge in [0.25, 0.3) is 11.8 Å². The summed E-state index contributed by atoms with van der Waals surface area (Å²) in [5.74, 6) is 0.718. The SMILES string of the molecule is COc1cc(C)c(C[NH+](C)CC(=O)NNC(=O)c2ccccc2)cc1OC. The van der Waals surface area contributed by atoms with Crippen molar-refractivity contribution in [2.75, 3.05) is 27.8 Å². The summed E-state index contributed by atoms with van der Waals surface area (Å²) in [5, 5.41) is 0. The Labute approximate surface area is 159 Å². The van der Waals surface area contributed by atoms with E-state index in [4.69, 9.17) is 9.47 Å². The molecule has 2 aromatic carbocycles. The second kappa shape index (κ2) is 9.59. The highest BCUT2D eigenvalue weighted by molar-refractivity contribution is 5.95. The number of carbonyl (C=O) groups excluding carboxylic acids is 2. The molecular weight excluding hydrogens is 346 g/mol. The van der Waals surface area contributed by atoms with E-state index in [0.29, 0.717) is 23.6 Å². The van der Waals surface area contributed by atoms with Crippen LogP contribution in [0.5, 0.6) is 11.5 Å². The summed E-state index contributed by atoms with van der Waals surface area (Å²) in [7, 11) is 5.10. The van der Waals surface area contributed by atoms with Gasteiger partial charge in [0, 0.05) is 11.1 Å². The maximum Gasteiger partial charge on any atom is 0.293 e. The molecule has 1 unspecified atom stereocenters. The number of hydrazine groups is 1. The number of rotatable bonds is 7. The third-order valence-electron chi connectivity index (χ3n) is 4.15. The summed E-state index contributed by atoms with van der Waals surface area (Å²) < 4.78 is 10.6. The zero-order valence-corrected chi connectivity index (χ0v) is 16.1. The molecule has 0 radical (unpaired) electrons. The van der Waals surface area contributed by atoms with Gasteiger partial charge in [-0.05, 0) is 36.8 Å². The molecule has 7 heteroatoms. The van der Waals surface area contributed by atoms with Crippen LogP contribution in [0.2, 0.25) is 0 Å². The van der Waals surface area contributed by atoms with E-state index in [-0.39, 0.29) is 18.4 Å². The fourth-order valence-electron chi connectivity index (χ4n) is 2.71. The van der Waals surface area contributed by atoms with Crippen molar-refractivity contribution in [1.29, 1.82) is 0 Å². The van der Waals surface area contributed by atoms with Crippen molar-refractivity contribution >= 4 is 11.8 Å². The van der Waals surface area contributed by atoms with Gasteiger partial charge in [-0.1, -0.05) is 18.2 Å². The largest absolute Gasteiger partial charge is 0.493 e. The van der Waals surface area contributed by atoms with Crippen LogP contribution in [0.3, 0.4) is 0 Å². The summed E-state index contributed by atoms with van der Waals surface area (Å²) in [5.41, 5.74) is 7.48. The van der Waals surface area contributed by atoms with Gasteiger partial charge in [-0.25, -0.2) is 0 Å². The molecule has 2 aromatic rings. The maximum atomic E-state index is 12.1. The molecule has 27 heavy (non-hydrogen) atoms. The Morgan fingerprint density at radius 3 is 2.26 bits per heavy atom. The molecular formula is C20H26N3O4+. The fraction of sp³-hybridized carbons (Fsp3) is 0.300. The van der Waals surface area contributed by atoms with E-state index in [1.54, 1.807) is 38.5 Å². The Balaban J connectivity index is 1.89. The number of likely N-dealkylation sites (N-methyl/N-ethyl adjacent to an activating group) is 1. The highest BCUT2D eigenvalue weighted by atomic mass is 16.5. The van der Waals surface area contributed by atoms with E-state index in [1.807, 2.05) is 32.2 Å². The summed E-state index contributed by atoms with van der Waals surface area (Å²) in [6.45, 7) is 2.83. The van der Waals surface area contributed by atoms with E-state index in [1.165, 1.54) is 0 Å². The number of amides is 2. The molecule has 0 aliphatic rings. The van der Waals surface area contributed by atoms with Gasteiger partial charge in [0.2, 0.25) is 0 Å². The molecule has 0 aromatic heterocycles. The molecule has 0 aliphatic heterocycles. The van der Waals surface area contributed by atoms with Crippen molar-refractivity contribution in [1.82, 2.24) is 10.9 Å². The quantitative estimate of drug-likeness (QED) is 0.618. The van der Waals surface area contributed by atoms with Gasteiger partial charge < -0.3 is 14.4 Å². The first-order valence-corrected chi connectivity index (χ1v) is 8.61. The lowest BCUT2D eigenvalue weighted by molar-refractivity contribution is -0.885. The highest BCUT2D eigenvalue weighted by Gasteiger charge is 2.15. The van der Waals surface area contributed by atoms with Crippen LogP contribution in [0, 0.1) is 6.92 Å². The molecule has 3 N–H and O–H groups in total. The minimum atomic E-state index is -0.350. The topological polar surface area (TPSA) is 81.1 Å². The second-order valence-corrected chi connectivity index (χ2v) is 6.31. The molecule has 0 fully saturated rings. The van der Waals surface area contributed by atoms with Gasteiger partial charge in [0.1, 0.15) is 6.54 Å². The van der Waals surface area contributed by atoms with Crippen molar-refractivity contribution in [2.24, 2.45) is 0 Å². The molecule has 0 spiro atoms. The molecule has 0 saturated carbocycles. The van der Waals surface area contributed by atoms with Crippen molar-refractivity contribution in [2.45, 2.75) is 13.5 Å². The van der Waals surface area contributed by atoms with E-state index < -0.39 is 0 Å². The van der Waals surface area contributed by atoms with Gasteiger partial charge in [0.15, 0.2) is 18.0 Å². The first kappa shape index (κ1) is 20.3. The zero-order chi connectivity index (χ0) is 19.8. The molecule has 2 amide bonds. The lowest BCUT2D eigenvalue weighted by atomic mass is 10.1. The molecule has 0 bridgehead atoms. The van der Waals surface area contributed by atoms with Gasteiger partial charge in [-0.15, -0.1) is 0 Å². The lowest BCUT2D eigenvalue weighted by Gasteiger charge is -2.17. The summed E-state index contributed by atoms with van der Waals surface area (Å²) in [6.07, 6.45) is 0. The van der Waals surface area contributed by atoms with Crippen LogP contribution >= 0.6 is 0 Å². The van der Waals surface area contributed by atoms with E-state index in [0.717, 1.165) is 16.0 Å². The van der Waals surface area contributed by atoms with Gasteiger partial charge in [-0.3, -0.25) is 20.4 Å². The van der Waals surface area contributed by atoms with Gasteiger partial charge in [0.05, 0.1) is 21.3 Å². The Hall–Kier alpha value is -3.06. The van der Waals surface area contributed by atoms with Crippen molar-refractivity contribution < 1.29 is 24.0 Å². The normalized spacial score (nSPS) is 11.4. The highest BCUT2D eigenvalue weighted by Crippen LogP contribution is 2.29. The average Bonchev–Trinajstić information content (AvgIpc) is 2.67. The lowest BCUT2D eigenvalue weighted by Crippen LogP contribution is -3.09. The standard InChI is InChI=1S/C20H25N3O4/c1-14-10-17(26-3)18(27-4)11-16(14)12-23(2)13-19(24)21-22-20(25)15-8-6-5-7-9-15/h5-11H,12-13H2,1-4H3,(H,21,24)(H,22,25)/p+1. The van der Waals surface area contributed by atoms with Crippen LogP contribution in [0.1, 0.15) is 21.5 Å². The van der Waals surface area contributed by atoms with Crippen molar-refractivity contribution in [3.63, 3.8) is 0 Å². The van der Waals surface area contributed by atoms with Crippen LogP contribution in [0.4, 0.5) is 0 Å². The molecule has 0 heterocycles. The van der Waals surface area contributed by atoms with Crippen molar-refractivity contribution in [3.8, 4) is 11.5 Å². The Kier molecular flexibility index (Phi) is 7.19. The van der Waals surface area contributed by atoms with Gasteiger partial charge >= 0.3 is 0 Å². The number of hydrogen-bond donors (Lipinski definition) is 3. The number of ether oxygens (including phenoxy) is 2. The van der Waals surface area contributed by atoms with Gasteiger partial charge in [-0.2, -0.15) is 0 Å². The van der Waals surface area contributed by atoms with Crippen LogP contribution in [-0.4, -0.2) is 39.6 Å². The second-order valence-electron chi connectivity index (χ2n) is 6.31. The monoisotopic (exact) mass is 372 g/mol. The predicted octanol–water partition coefficient (Wildman–Crippen LogP) is 0.488. The molecule has 144 valence electrons. The number of benzene rings is 2. The number of nitrogens with one attached hydrogen (secondary N) is 3. The zero-order valence-electron chi connectivity index (χ0n) is 16.1. The average molecular weight is 372 g/mol. The number of methoxy groups -OCH3 is 2. The first-order valence-electron chi connectivity index (χ1n) is 8.61. The third-order valence-corrected chi connectivity index (χ3v) is 4.15. The van der Waals surface area contributed by atoms with Crippen LogP contribution in [0.25, 0.3) is 0 Å². The summed E-state index contributed by atoms with van der Waals surface area (Å²) in [4.78, 5) is 25.0. The fourth-order valence-corrected chi connectivity index (χ4v) is 2.71. The Bertz CT molecular complexity index is 793. The summed E-state index contributed by atoms with van der Waals surface area (Å²) >= 11 is 0. The third kappa shape index (κ3) is 5.72. The number of hydrogen-bond acceptors (Lipinski definition) is 4. The number of aryl methyl sites for hydroxylation is 1. The van der Waals surface area contributed by atoms with Crippen LogP contribution in [0.15, 0.2) is 42.5 Å². The predicted molar refractivity (Wildman–Crippen MR) is 102 cm³/mol. The molecule has 7 nitrogen and oxygen atoms in total. The maximum absolute atomic E-state index is 12.1. The number of quaternary nitrogens is 1. The molecule has 1 atom stereocenters. The van der Waals surface area contributed by atoms with Crippen molar-refractivity contribution in [3.05, 3.63) is 59.2 Å². The number of carbonyl (C=O) groups is 2. The Morgan fingerprint density at radius 1 is 1.00 bits per heavy atom. The Morgan fingerprint density at radius 2 is 1.63 bits per heavy atom.